The van der Waals surface area contributed by atoms with Crippen molar-refractivity contribution in [3.05, 3.63) is 81.0 Å². The number of para-hydroxylation sites is 2. The van der Waals surface area contributed by atoms with Crippen LogP contribution in [0.25, 0.3) is 0 Å². The minimum Gasteiger partial charge on any atom is -0.461 e. The maximum atomic E-state index is 13.3. The molecule has 0 unspecified atom stereocenters. The number of anilines is 2. The highest BCUT2D eigenvalue weighted by Crippen LogP contribution is 2.36. The van der Waals surface area contributed by atoms with Crippen molar-refractivity contribution in [2.75, 3.05) is 11.5 Å². The van der Waals surface area contributed by atoms with Gasteiger partial charge in [0.1, 0.15) is 11.5 Å². The van der Waals surface area contributed by atoms with Gasteiger partial charge in [0, 0.05) is 4.88 Å². The first-order chi connectivity index (χ1) is 15.2. The Morgan fingerprint density at radius 1 is 0.839 bits per heavy atom. The predicted octanol–water partition coefficient (Wildman–Crippen LogP) is 5.64. The Balaban J connectivity index is 1.30. The molecule has 3 aromatic rings. The Morgan fingerprint density at radius 2 is 1.48 bits per heavy atom. The van der Waals surface area contributed by atoms with E-state index < -0.39 is 0 Å². The molecular formula is C26H25NO3S. The Kier molecular flexibility index (Phi) is 5.60. The normalized spacial score (nSPS) is 14.8. The fraction of sp³-hybridized carbons (Fsp3) is 0.308. The van der Waals surface area contributed by atoms with E-state index in [9.17, 15) is 9.59 Å². The first kappa shape index (κ1) is 20.0. The van der Waals surface area contributed by atoms with Gasteiger partial charge in [0.25, 0.3) is 0 Å². The van der Waals surface area contributed by atoms with Crippen LogP contribution in [-0.2, 0) is 35.2 Å². The number of carbonyl (C=O) groups is 2. The zero-order valence-electron chi connectivity index (χ0n) is 17.4. The Morgan fingerprint density at radius 3 is 2.16 bits per heavy atom. The summed E-state index contributed by atoms with van der Waals surface area (Å²) >= 11 is 1.54. The number of aryl methyl sites for hydroxylation is 4. The molecule has 1 aromatic heterocycles. The molecule has 1 aliphatic heterocycles. The number of ether oxygens (including phenoxy) is 1. The van der Waals surface area contributed by atoms with E-state index in [1.165, 1.54) is 23.3 Å². The minimum absolute atomic E-state index is 0.0555. The van der Waals surface area contributed by atoms with Gasteiger partial charge in [-0.1, -0.05) is 36.4 Å². The Hall–Kier alpha value is -2.92. The molecule has 0 radical (unpaired) electrons. The van der Waals surface area contributed by atoms with Crippen LogP contribution in [-0.4, -0.2) is 18.5 Å². The highest BCUT2D eigenvalue weighted by molar-refractivity contribution is 7.14. The highest BCUT2D eigenvalue weighted by Gasteiger charge is 2.26. The van der Waals surface area contributed by atoms with Crippen molar-refractivity contribution >= 4 is 34.6 Å². The summed E-state index contributed by atoms with van der Waals surface area (Å²) in [5.41, 5.74) is 5.46. The number of thiophene rings is 1. The number of rotatable bonds is 4. The molecule has 2 aliphatic rings. The molecule has 31 heavy (non-hydrogen) atoms. The van der Waals surface area contributed by atoms with Gasteiger partial charge in [0.05, 0.1) is 17.8 Å². The minimum atomic E-state index is -0.316. The van der Waals surface area contributed by atoms with Gasteiger partial charge in [0.2, 0.25) is 5.91 Å². The van der Waals surface area contributed by atoms with E-state index in [1.807, 2.05) is 42.5 Å². The number of amides is 1. The molecule has 2 aromatic carbocycles. The summed E-state index contributed by atoms with van der Waals surface area (Å²) in [6.07, 6.45) is 6.43. The molecule has 158 valence electrons. The third kappa shape index (κ3) is 4.02. The second-order valence-electron chi connectivity index (χ2n) is 8.14. The molecular weight excluding hydrogens is 406 g/mol. The van der Waals surface area contributed by atoms with Crippen molar-refractivity contribution in [2.45, 2.75) is 44.9 Å². The van der Waals surface area contributed by atoms with Crippen molar-refractivity contribution in [1.29, 1.82) is 0 Å². The first-order valence-electron chi connectivity index (χ1n) is 11.0. The van der Waals surface area contributed by atoms with E-state index >= 15 is 0 Å². The van der Waals surface area contributed by atoms with Crippen molar-refractivity contribution < 1.29 is 14.3 Å². The average Bonchev–Trinajstić information content (AvgIpc) is 3.16. The van der Waals surface area contributed by atoms with Gasteiger partial charge in [0.15, 0.2) is 0 Å². The molecule has 1 aliphatic carbocycles. The predicted molar refractivity (Wildman–Crippen MR) is 123 cm³/mol. The summed E-state index contributed by atoms with van der Waals surface area (Å²) < 4.78 is 5.50. The van der Waals surface area contributed by atoms with Crippen LogP contribution in [0.2, 0.25) is 0 Å². The molecule has 0 fully saturated rings. The largest absolute Gasteiger partial charge is 0.461 e. The molecule has 0 bridgehead atoms. The summed E-state index contributed by atoms with van der Waals surface area (Å²) in [4.78, 5) is 29.6. The maximum absolute atomic E-state index is 13.3. The zero-order chi connectivity index (χ0) is 21.2. The summed E-state index contributed by atoms with van der Waals surface area (Å²) in [5, 5.41) is 0. The molecule has 5 heteroatoms. The summed E-state index contributed by atoms with van der Waals surface area (Å²) in [7, 11) is 0. The second kappa shape index (κ2) is 8.67. The first-order valence-corrected chi connectivity index (χ1v) is 11.8. The lowest BCUT2D eigenvalue weighted by atomic mass is 9.99. The summed E-state index contributed by atoms with van der Waals surface area (Å²) in [5.74, 6) is -0.371. The lowest BCUT2D eigenvalue weighted by Gasteiger charge is -2.25. The lowest BCUT2D eigenvalue weighted by Crippen LogP contribution is -2.28. The van der Waals surface area contributed by atoms with Crippen LogP contribution in [0.5, 0.6) is 0 Å². The monoisotopic (exact) mass is 431 g/mol. The Bertz CT molecular complexity index is 1060. The van der Waals surface area contributed by atoms with E-state index in [0.29, 0.717) is 4.88 Å². The van der Waals surface area contributed by atoms with Gasteiger partial charge < -0.3 is 4.74 Å². The summed E-state index contributed by atoms with van der Waals surface area (Å²) in [6, 6.07) is 18.1. The quantitative estimate of drug-likeness (QED) is 0.503. The fourth-order valence-electron chi connectivity index (χ4n) is 4.55. The number of esters is 1. The average molecular weight is 432 g/mol. The van der Waals surface area contributed by atoms with Crippen LogP contribution < -0.4 is 4.90 Å². The van der Waals surface area contributed by atoms with Gasteiger partial charge in [-0.3, -0.25) is 9.69 Å². The van der Waals surface area contributed by atoms with E-state index in [-0.39, 0.29) is 24.9 Å². The standard InChI is InChI=1S/C26H25NO3S/c28-25(15-16-30-26(29)24-17-20-9-3-6-12-23(20)31-24)27-21-10-4-1-7-18(21)13-14-19-8-2-5-11-22(19)27/h1-2,4-5,7-8,10-11,17H,3,6,9,12-16H2. The fourth-order valence-corrected chi connectivity index (χ4v) is 5.70. The number of hydrogen-bond acceptors (Lipinski definition) is 4. The number of fused-ring (bicyclic) bond motifs is 3. The number of benzene rings is 2. The topological polar surface area (TPSA) is 46.6 Å². The van der Waals surface area contributed by atoms with Crippen molar-refractivity contribution in [3.63, 3.8) is 0 Å². The lowest BCUT2D eigenvalue weighted by molar-refractivity contribution is -0.118. The van der Waals surface area contributed by atoms with Gasteiger partial charge in [-0.15, -0.1) is 11.3 Å². The van der Waals surface area contributed by atoms with Crippen LogP contribution in [0.4, 0.5) is 11.4 Å². The summed E-state index contributed by atoms with van der Waals surface area (Å²) in [6.45, 7) is 0.0844. The zero-order valence-corrected chi connectivity index (χ0v) is 18.2. The maximum Gasteiger partial charge on any atom is 0.348 e. The third-order valence-corrected chi connectivity index (χ3v) is 7.34. The van der Waals surface area contributed by atoms with Crippen LogP contribution in [0.1, 0.15) is 50.5 Å². The van der Waals surface area contributed by atoms with E-state index in [1.54, 1.807) is 16.2 Å². The molecule has 0 N–H and O–H groups in total. The molecule has 0 saturated heterocycles. The van der Waals surface area contributed by atoms with Crippen molar-refractivity contribution in [3.8, 4) is 0 Å². The molecule has 0 atom stereocenters. The van der Waals surface area contributed by atoms with Crippen LogP contribution in [0.15, 0.2) is 54.6 Å². The van der Waals surface area contributed by atoms with Gasteiger partial charge in [-0.2, -0.15) is 0 Å². The van der Waals surface area contributed by atoms with E-state index in [4.69, 9.17) is 4.74 Å². The number of nitrogens with zero attached hydrogens (tertiary/aromatic N) is 1. The van der Waals surface area contributed by atoms with Crippen LogP contribution >= 0.6 is 11.3 Å². The Labute approximate surface area is 186 Å². The van der Waals surface area contributed by atoms with E-state index in [2.05, 4.69) is 12.1 Å². The van der Waals surface area contributed by atoms with Crippen LogP contribution in [0.3, 0.4) is 0 Å². The molecule has 5 rings (SSSR count). The molecule has 1 amide bonds. The van der Waals surface area contributed by atoms with Gasteiger partial charge in [-0.05, 0) is 73.4 Å². The van der Waals surface area contributed by atoms with Crippen molar-refractivity contribution in [2.24, 2.45) is 0 Å². The van der Waals surface area contributed by atoms with E-state index in [0.717, 1.165) is 48.2 Å². The van der Waals surface area contributed by atoms with Crippen LogP contribution in [0, 0.1) is 0 Å². The van der Waals surface area contributed by atoms with Gasteiger partial charge >= 0.3 is 5.97 Å². The SMILES string of the molecule is O=C(OCCC(=O)N1c2ccccc2CCc2ccccc21)c1cc2c(s1)CCCC2. The number of carbonyl (C=O) groups excluding carboxylic acids is 2. The second-order valence-corrected chi connectivity index (χ2v) is 9.28. The highest BCUT2D eigenvalue weighted by atomic mass is 32.1. The van der Waals surface area contributed by atoms with Gasteiger partial charge in [-0.25, -0.2) is 4.79 Å². The third-order valence-electron chi connectivity index (χ3n) is 6.12. The molecule has 4 nitrogen and oxygen atoms in total. The molecule has 0 saturated carbocycles. The smallest absolute Gasteiger partial charge is 0.348 e. The molecule has 2 heterocycles. The van der Waals surface area contributed by atoms with Crippen molar-refractivity contribution in [1.82, 2.24) is 0 Å². The molecule has 0 spiro atoms. The number of hydrogen-bond donors (Lipinski definition) is 0.